The van der Waals surface area contributed by atoms with E-state index < -0.39 is 0 Å². The number of carbonyl (C=O) groups is 2. The Morgan fingerprint density at radius 2 is 1.70 bits per heavy atom. The van der Waals surface area contributed by atoms with Crippen molar-refractivity contribution in [2.75, 3.05) is 42.5 Å². The Kier molecular flexibility index (Phi) is 5.53. The average molecular weight is 446 g/mol. The Morgan fingerprint density at radius 1 is 0.970 bits per heavy atom. The molecule has 9 heteroatoms. The third-order valence-corrected chi connectivity index (χ3v) is 6.33. The first-order valence-electron chi connectivity index (χ1n) is 11.2. The Bertz CT molecular complexity index is 1170. The van der Waals surface area contributed by atoms with Crippen LogP contribution in [0.4, 0.5) is 11.5 Å². The van der Waals surface area contributed by atoms with Crippen LogP contribution in [0, 0.1) is 19.8 Å². The number of anilines is 2. The molecule has 0 radical (unpaired) electrons. The summed E-state index contributed by atoms with van der Waals surface area (Å²) in [5.74, 6) is 1.32. The van der Waals surface area contributed by atoms with E-state index in [9.17, 15) is 9.59 Å². The van der Waals surface area contributed by atoms with Crippen molar-refractivity contribution in [3.8, 4) is 5.82 Å². The van der Waals surface area contributed by atoms with Crippen molar-refractivity contribution in [3.05, 3.63) is 60.2 Å². The van der Waals surface area contributed by atoms with E-state index in [0.29, 0.717) is 38.5 Å². The monoisotopic (exact) mass is 445 g/mol. The van der Waals surface area contributed by atoms with Crippen LogP contribution in [-0.2, 0) is 9.59 Å². The maximum atomic E-state index is 13.2. The van der Waals surface area contributed by atoms with Crippen molar-refractivity contribution in [1.29, 1.82) is 0 Å². The summed E-state index contributed by atoms with van der Waals surface area (Å²) < 4.78 is 1.73. The zero-order chi connectivity index (χ0) is 22.9. The van der Waals surface area contributed by atoms with Gasteiger partial charge in [-0.25, -0.2) is 14.6 Å². The van der Waals surface area contributed by atoms with Gasteiger partial charge in [0.1, 0.15) is 12.1 Å². The first-order chi connectivity index (χ1) is 16.0. The minimum absolute atomic E-state index is 0.0122. The van der Waals surface area contributed by atoms with Crippen LogP contribution in [-0.4, -0.2) is 69.2 Å². The van der Waals surface area contributed by atoms with Crippen molar-refractivity contribution in [2.45, 2.75) is 20.3 Å². The number of amides is 2. The summed E-state index contributed by atoms with van der Waals surface area (Å²) in [7, 11) is 0. The lowest BCUT2D eigenvalue weighted by atomic mass is 10.1. The molecule has 1 unspecified atom stereocenters. The molecule has 2 aromatic heterocycles. The number of benzene rings is 1. The molecule has 1 aromatic carbocycles. The number of hydrogen-bond acceptors (Lipinski definition) is 6. The first kappa shape index (κ1) is 21.1. The summed E-state index contributed by atoms with van der Waals surface area (Å²) >= 11 is 0. The van der Waals surface area contributed by atoms with Gasteiger partial charge in [0, 0.05) is 57.1 Å². The van der Waals surface area contributed by atoms with Crippen LogP contribution >= 0.6 is 0 Å². The van der Waals surface area contributed by atoms with Gasteiger partial charge in [0.15, 0.2) is 5.82 Å². The highest BCUT2D eigenvalue weighted by Gasteiger charge is 2.38. The van der Waals surface area contributed by atoms with Crippen molar-refractivity contribution < 1.29 is 9.59 Å². The lowest BCUT2D eigenvalue weighted by Crippen LogP contribution is -2.51. The zero-order valence-electron chi connectivity index (χ0n) is 18.9. The van der Waals surface area contributed by atoms with Crippen LogP contribution in [0.2, 0.25) is 0 Å². The highest BCUT2D eigenvalue weighted by molar-refractivity contribution is 6.00. The van der Waals surface area contributed by atoms with Gasteiger partial charge < -0.3 is 14.7 Å². The Morgan fingerprint density at radius 3 is 2.39 bits per heavy atom. The smallest absolute Gasteiger partial charge is 0.228 e. The normalized spacial score (nSPS) is 18.8. The summed E-state index contributed by atoms with van der Waals surface area (Å²) in [6.45, 7) is 6.97. The minimum Gasteiger partial charge on any atom is -0.353 e. The third-order valence-electron chi connectivity index (χ3n) is 6.33. The maximum Gasteiger partial charge on any atom is 0.228 e. The van der Waals surface area contributed by atoms with Crippen molar-refractivity contribution >= 4 is 23.3 Å². The van der Waals surface area contributed by atoms with Gasteiger partial charge >= 0.3 is 0 Å². The van der Waals surface area contributed by atoms with E-state index in [4.69, 9.17) is 0 Å². The number of nitrogens with zero attached hydrogens (tertiary/aromatic N) is 7. The molecule has 170 valence electrons. The zero-order valence-corrected chi connectivity index (χ0v) is 18.9. The SMILES string of the molecule is Cc1ccc(N2CC(C(=O)N3CCN(c4cc(-n5ccc(C)n5)ncn4)CC3)CC2=O)cc1. The van der Waals surface area contributed by atoms with Crippen LogP contribution in [0.1, 0.15) is 17.7 Å². The molecule has 2 aliphatic heterocycles. The molecule has 33 heavy (non-hydrogen) atoms. The Balaban J connectivity index is 1.20. The fraction of sp³-hybridized carbons (Fsp3) is 0.375. The summed E-state index contributed by atoms with van der Waals surface area (Å²) in [4.78, 5) is 40.2. The molecule has 9 nitrogen and oxygen atoms in total. The predicted molar refractivity (Wildman–Crippen MR) is 124 cm³/mol. The fourth-order valence-corrected chi connectivity index (χ4v) is 4.44. The van der Waals surface area contributed by atoms with E-state index in [2.05, 4.69) is 20.0 Å². The number of carbonyl (C=O) groups excluding carboxylic acids is 2. The summed E-state index contributed by atoms with van der Waals surface area (Å²) in [5.41, 5.74) is 2.93. The Labute approximate surface area is 192 Å². The molecule has 0 aliphatic carbocycles. The molecule has 0 bridgehead atoms. The molecule has 2 aliphatic rings. The molecule has 0 N–H and O–H groups in total. The minimum atomic E-state index is -0.293. The van der Waals surface area contributed by atoms with E-state index in [1.165, 1.54) is 0 Å². The molecule has 4 heterocycles. The second kappa shape index (κ2) is 8.65. The van der Waals surface area contributed by atoms with Crippen LogP contribution in [0.3, 0.4) is 0 Å². The van der Waals surface area contributed by atoms with Gasteiger partial charge in [-0.1, -0.05) is 17.7 Å². The van der Waals surface area contributed by atoms with Gasteiger partial charge in [-0.3, -0.25) is 9.59 Å². The number of piperazine rings is 1. The van der Waals surface area contributed by atoms with E-state index >= 15 is 0 Å². The van der Waals surface area contributed by atoms with Crippen LogP contribution < -0.4 is 9.80 Å². The largest absolute Gasteiger partial charge is 0.353 e. The molecule has 1 atom stereocenters. The fourth-order valence-electron chi connectivity index (χ4n) is 4.44. The molecule has 2 amide bonds. The van der Waals surface area contributed by atoms with E-state index in [1.807, 2.05) is 61.3 Å². The van der Waals surface area contributed by atoms with Gasteiger partial charge in [-0.2, -0.15) is 5.10 Å². The summed E-state index contributed by atoms with van der Waals surface area (Å²) in [5, 5.41) is 4.41. The third kappa shape index (κ3) is 4.30. The first-order valence-corrected chi connectivity index (χ1v) is 11.2. The molecule has 0 spiro atoms. The Hall–Kier alpha value is -3.75. The number of aromatic nitrogens is 4. The van der Waals surface area contributed by atoms with Gasteiger partial charge in [-0.05, 0) is 32.0 Å². The quantitative estimate of drug-likeness (QED) is 0.610. The van der Waals surface area contributed by atoms with E-state index in [1.54, 1.807) is 15.9 Å². The lowest BCUT2D eigenvalue weighted by molar-refractivity contribution is -0.136. The maximum absolute atomic E-state index is 13.2. The number of rotatable bonds is 4. The highest BCUT2D eigenvalue weighted by atomic mass is 16.2. The molecular weight excluding hydrogens is 418 g/mol. The topological polar surface area (TPSA) is 87.5 Å². The molecule has 3 aromatic rings. The number of hydrogen-bond donors (Lipinski definition) is 0. The molecule has 5 rings (SSSR count). The standard InChI is InChI=1S/C24H27N7O2/c1-17-3-5-20(6-4-17)30-15-19(13-23(30)32)24(33)29-11-9-28(10-12-29)21-14-22(26-16-25-21)31-8-7-18(2)27-31/h3-8,14,16,19H,9-13,15H2,1-2H3. The van der Waals surface area contributed by atoms with E-state index in [0.717, 1.165) is 22.8 Å². The van der Waals surface area contributed by atoms with Crippen molar-refractivity contribution in [2.24, 2.45) is 5.92 Å². The molecule has 2 saturated heterocycles. The summed E-state index contributed by atoms with van der Waals surface area (Å²) in [6.07, 6.45) is 3.69. The second-order valence-electron chi connectivity index (χ2n) is 8.69. The molecule has 2 fully saturated rings. The average Bonchev–Trinajstić information content (AvgIpc) is 3.45. The molecule has 0 saturated carbocycles. The van der Waals surface area contributed by atoms with E-state index in [-0.39, 0.29) is 24.2 Å². The van der Waals surface area contributed by atoms with Gasteiger partial charge in [0.2, 0.25) is 11.8 Å². The van der Waals surface area contributed by atoms with Crippen LogP contribution in [0.5, 0.6) is 0 Å². The second-order valence-corrected chi connectivity index (χ2v) is 8.69. The van der Waals surface area contributed by atoms with Crippen molar-refractivity contribution in [1.82, 2.24) is 24.6 Å². The van der Waals surface area contributed by atoms with Gasteiger partial charge in [0.05, 0.1) is 11.6 Å². The molecular formula is C24H27N7O2. The van der Waals surface area contributed by atoms with Crippen molar-refractivity contribution in [3.63, 3.8) is 0 Å². The lowest BCUT2D eigenvalue weighted by Gasteiger charge is -2.36. The van der Waals surface area contributed by atoms with Gasteiger partial charge in [-0.15, -0.1) is 0 Å². The van der Waals surface area contributed by atoms with Gasteiger partial charge in [0.25, 0.3) is 0 Å². The van der Waals surface area contributed by atoms with Crippen LogP contribution in [0.25, 0.3) is 5.82 Å². The highest BCUT2D eigenvalue weighted by Crippen LogP contribution is 2.27. The number of aryl methyl sites for hydroxylation is 2. The predicted octanol–water partition coefficient (Wildman–Crippen LogP) is 1.98. The summed E-state index contributed by atoms with van der Waals surface area (Å²) in [6, 6.07) is 11.7. The van der Waals surface area contributed by atoms with Crippen LogP contribution in [0.15, 0.2) is 48.9 Å².